The van der Waals surface area contributed by atoms with Crippen molar-refractivity contribution >= 4 is 23.2 Å². The molecule has 142 valence electrons. The molecular formula is C23H22N2O3. The molecule has 0 saturated heterocycles. The van der Waals surface area contributed by atoms with Gasteiger partial charge in [-0.05, 0) is 36.4 Å². The minimum atomic E-state index is -0.0578. The Labute approximate surface area is 164 Å². The Hall–Kier alpha value is -3.73. The van der Waals surface area contributed by atoms with Crippen molar-refractivity contribution in [1.29, 1.82) is 0 Å². The standard InChI is InChI=1S/C23H22N2O3/c24-19-11-13-23(20(25)16-19)28-15-14-27-22-9-5-4-8-18(22)10-12-21(26)17-6-2-1-3-7-17/h1-13,16H,14-15,24-25H2. The van der Waals surface area contributed by atoms with Crippen LogP contribution >= 0.6 is 0 Å². The van der Waals surface area contributed by atoms with Crippen LogP contribution in [0.2, 0.25) is 0 Å². The van der Waals surface area contributed by atoms with Gasteiger partial charge in [0.2, 0.25) is 0 Å². The molecule has 0 aliphatic rings. The molecule has 0 bridgehead atoms. The third-order valence-corrected chi connectivity index (χ3v) is 4.02. The van der Waals surface area contributed by atoms with E-state index in [1.807, 2.05) is 42.5 Å². The van der Waals surface area contributed by atoms with Gasteiger partial charge in [0.15, 0.2) is 5.78 Å². The van der Waals surface area contributed by atoms with Crippen molar-refractivity contribution in [2.24, 2.45) is 0 Å². The molecule has 5 nitrogen and oxygen atoms in total. The van der Waals surface area contributed by atoms with E-state index in [9.17, 15) is 4.79 Å². The average molecular weight is 374 g/mol. The smallest absolute Gasteiger partial charge is 0.185 e. The highest BCUT2D eigenvalue weighted by molar-refractivity contribution is 6.06. The zero-order valence-corrected chi connectivity index (χ0v) is 15.4. The Balaban J connectivity index is 1.58. The zero-order valence-electron chi connectivity index (χ0n) is 15.4. The van der Waals surface area contributed by atoms with Gasteiger partial charge in [0.05, 0.1) is 5.69 Å². The number of allylic oxidation sites excluding steroid dienone is 1. The minimum absolute atomic E-state index is 0.0578. The fourth-order valence-electron chi connectivity index (χ4n) is 2.62. The van der Waals surface area contributed by atoms with Gasteiger partial charge in [-0.25, -0.2) is 0 Å². The number of hydrogen-bond donors (Lipinski definition) is 2. The van der Waals surface area contributed by atoms with Crippen molar-refractivity contribution in [2.75, 3.05) is 24.7 Å². The van der Waals surface area contributed by atoms with Gasteiger partial charge in [-0.15, -0.1) is 0 Å². The molecule has 0 unspecified atom stereocenters. The summed E-state index contributed by atoms with van der Waals surface area (Å²) in [6.45, 7) is 0.663. The number of nitrogen functional groups attached to an aromatic ring is 2. The lowest BCUT2D eigenvalue weighted by Gasteiger charge is -2.12. The summed E-state index contributed by atoms with van der Waals surface area (Å²) in [6.07, 6.45) is 3.30. The van der Waals surface area contributed by atoms with Crippen LogP contribution in [0, 0.1) is 0 Å². The fourth-order valence-corrected chi connectivity index (χ4v) is 2.62. The topological polar surface area (TPSA) is 87.6 Å². The molecule has 0 atom stereocenters. The molecule has 0 aliphatic heterocycles. The number of ether oxygens (including phenoxy) is 2. The SMILES string of the molecule is Nc1ccc(OCCOc2ccccc2C=CC(=O)c2ccccc2)c(N)c1. The summed E-state index contributed by atoms with van der Waals surface area (Å²) >= 11 is 0. The predicted molar refractivity (Wildman–Crippen MR) is 113 cm³/mol. The van der Waals surface area contributed by atoms with E-state index >= 15 is 0 Å². The van der Waals surface area contributed by atoms with Gasteiger partial charge in [-0.2, -0.15) is 0 Å². The lowest BCUT2D eigenvalue weighted by molar-refractivity contribution is 0.104. The van der Waals surface area contributed by atoms with Crippen LogP contribution in [0.5, 0.6) is 11.5 Å². The number of carbonyl (C=O) groups is 1. The van der Waals surface area contributed by atoms with Gasteiger partial charge >= 0.3 is 0 Å². The Morgan fingerprint density at radius 3 is 2.25 bits per heavy atom. The molecule has 0 aromatic heterocycles. The Morgan fingerprint density at radius 1 is 0.821 bits per heavy atom. The van der Waals surface area contributed by atoms with Gasteiger partial charge in [-0.3, -0.25) is 4.79 Å². The van der Waals surface area contributed by atoms with Crippen LogP contribution in [-0.2, 0) is 0 Å². The maximum Gasteiger partial charge on any atom is 0.185 e. The Morgan fingerprint density at radius 2 is 1.50 bits per heavy atom. The molecule has 4 N–H and O–H groups in total. The number of rotatable bonds is 8. The first-order valence-corrected chi connectivity index (χ1v) is 8.90. The number of anilines is 2. The number of carbonyl (C=O) groups excluding carboxylic acids is 1. The van der Waals surface area contributed by atoms with Gasteiger partial charge in [0.1, 0.15) is 24.7 Å². The van der Waals surface area contributed by atoms with E-state index in [1.54, 1.807) is 42.5 Å². The third kappa shape index (κ3) is 5.14. The average Bonchev–Trinajstić information content (AvgIpc) is 2.72. The van der Waals surface area contributed by atoms with Crippen molar-refractivity contribution in [3.05, 3.63) is 90.0 Å². The second-order valence-corrected chi connectivity index (χ2v) is 6.10. The van der Waals surface area contributed by atoms with E-state index in [0.29, 0.717) is 41.7 Å². The number of hydrogen-bond acceptors (Lipinski definition) is 5. The molecule has 0 spiro atoms. The Bertz CT molecular complexity index is 969. The van der Waals surface area contributed by atoms with Crippen molar-refractivity contribution < 1.29 is 14.3 Å². The van der Waals surface area contributed by atoms with E-state index in [2.05, 4.69) is 0 Å². The Kier molecular flexibility index (Phi) is 6.31. The van der Waals surface area contributed by atoms with Gasteiger partial charge in [-0.1, -0.05) is 48.5 Å². The molecule has 0 saturated carbocycles. The monoisotopic (exact) mass is 374 g/mol. The van der Waals surface area contributed by atoms with Crippen LogP contribution in [0.3, 0.4) is 0 Å². The second kappa shape index (κ2) is 9.28. The molecule has 0 radical (unpaired) electrons. The van der Waals surface area contributed by atoms with E-state index < -0.39 is 0 Å². The van der Waals surface area contributed by atoms with Gasteiger partial charge < -0.3 is 20.9 Å². The highest BCUT2D eigenvalue weighted by Crippen LogP contribution is 2.24. The van der Waals surface area contributed by atoms with Crippen molar-refractivity contribution in [3.8, 4) is 11.5 Å². The molecule has 0 heterocycles. The predicted octanol–water partition coefficient (Wildman–Crippen LogP) is 4.20. The molecule has 3 rings (SSSR count). The van der Waals surface area contributed by atoms with Crippen LogP contribution in [0.1, 0.15) is 15.9 Å². The first kappa shape index (κ1) is 19.0. The van der Waals surface area contributed by atoms with Crippen LogP contribution < -0.4 is 20.9 Å². The maximum absolute atomic E-state index is 12.2. The summed E-state index contributed by atoms with van der Waals surface area (Å²) in [7, 11) is 0. The van der Waals surface area contributed by atoms with Crippen molar-refractivity contribution in [2.45, 2.75) is 0 Å². The van der Waals surface area contributed by atoms with Gasteiger partial charge in [0.25, 0.3) is 0 Å². The lowest BCUT2D eigenvalue weighted by Crippen LogP contribution is -2.10. The highest BCUT2D eigenvalue weighted by atomic mass is 16.5. The molecular weight excluding hydrogens is 352 g/mol. The number of ketones is 1. The van der Waals surface area contributed by atoms with E-state index in [4.69, 9.17) is 20.9 Å². The van der Waals surface area contributed by atoms with Crippen LogP contribution in [0.4, 0.5) is 11.4 Å². The first-order valence-electron chi connectivity index (χ1n) is 8.90. The largest absolute Gasteiger partial charge is 0.489 e. The second-order valence-electron chi connectivity index (χ2n) is 6.10. The molecule has 0 fully saturated rings. The van der Waals surface area contributed by atoms with Crippen LogP contribution in [0.15, 0.2) is 78.9 Å². The maximum atomic E-state index is 12.2. The lowest BCUT2D eigenvalue weighted by atomic mass is 10.1. The van der Waals surface area contributed by atoms with Crippen LogP contribution in [0.25, 0.3) is 6.08 Å². The highest BCUT2D eigenvalue weighted by Gasteiger charge is 2.04. The quantitative estimate of drug-likeness (QED) is 0.267. The molecule has 3 aromatic carbocycles. The van der Waals surface area contributed by atoms with Crippen LogP contribution in [-0.4, -0.2) is 19.0 Å². The molecule has 5 heteroatoms. The molecule has 0 amide bonds. The van der Waals surface area contributed by atoms with Gasteiger partial charge in [0, 0.05) is 16.8 Å². The summed E-state index contributed by atoms with van der Waals surface area (Å²) in [4.78, 5) is 12.2. The summed E-state index contributed by atoms with van der Waals surface area (Å²) < 4.78 is 11.4. The minimum Gasteiger partial charge on any atom is -0.489 e. The summed E-state index contributed by atoms with van der Waals surface area (Å²) in [5.74, 6) is 1.19. The summed E-state index contributed by atoms with van der Waals surface area (Å²) in [5, 5.41) is 0. The molecule has 28 heavy (non-hydrogen) atoms. The summed E-state index contributed by atoms with van der Waals surface area (Å²) in [5.41, 5.74) is 14.1. The van der Waals surface area contributed by atoms with Crippen molar-refractivity contribution in [1.82, 2.24) is 0 Å². The number of para-hydroxylation sites is 1. The summed E-state index contributed by atoms with van der Waals surface area (Å²) in [6, 6.07) is 21.8. The van der Waals surface area contributed by atoms with E-state index in [0.717, 1.165) is 5.56 Å². The molecule has 3 aromatic rings. The fraction of sp³-hybridized carbons (Fsp3) is 0.0870. The third-order valence-electron chi connectivity index (χ3n) is 4.02. The number of benzene rings is 3. The first-order chi connectivity index (χ1) is 13.6. The van der Waals surface area contributed by atoms with E-state index in [-0.39, 0.29) is 5.78 Å². The van der Waals surface area contributed by atoms with E-state index in [1.165, 1.54) is 0 Å². The van der Waals surface area contributed by atoms with Crippen molar-refractivity contribution in [3.63, 3.8) is 0 Å². The zero-order chi connectivity index (χ0) is 19.8. The molecule has 0 aliphatic carbocycles. The normalized spacial score (nSPS) is 10.7. The number of nitrogens with two attached hydrogens (primary N) is 2.